The van der Waals surface area contributed by atoms with E-state index in [2.05, 4.69) is 5.32 Å². The summed E-state index contributed by atoms with van der Waals surface area (Å²) in [5.41, 5.74) is -0.349. The summed E-state index contributed by atoms with van der Waals surface area (Å²) in [6, 6.07) is 8.27. The van der Waals surface area contributed by atoms with Crippen LogP contribution in [0.2, 0.25) is 0 Å². The van der Waals surface area contributed by atoms with Crippen molar-refractivity contribution in [2.45, 2.75) is 32.4 Å². The van der Waals surface area contributed by atoms with Gasteiger partial charge in [-0.25, -0.2) is 4.39 Å². The molecule has 1 aromatic heterocycles. The van der Waals surface area contributed by atoms with Crippen LogP contribution in [0.1, 0.15) is 37.0 Å². The lowest BCUT2D eigenvalue weighted by atomic mass is 10.0. The maximum Gasteiger partial charge on any atom is 0.165 e. The molecule has 4 nitrogen and oxygen atoms in total. The van der Waals surface area contributed by atoms with E-state index in [1.807, 2.05) is 19.9 Å². The highest BCUT2D eigenvalue weighted by Gasteiger charge is 2.27. The maximum absolute atomic E-state index is 13.7. The molecule has 0 saturated carbocycles. The second kappa shape index (κ2) is 6.50. The monoisotopic (exact) mass is 307 g/mol. The average Bonchev–Trinajstić information content (AvgIpc) is 2.92. The number of benzene rings is 1. The minimum absolute atomic E-state index is 0.122. The van der Waals surface area contributed by atoms with Crippen molar-refractivity contribution in [2.75, 3.05) is 13.7 Å². The molecule has 0 aliphatic carbocycles. The molecule has 120 valence electrons. The molecule has 0 bridgehead atoms. The van der Waals surface area contributed by atoms with Gasteiger partial charge in [0.1, 0.15) is 17.1 Å². The Bertz CT molecular complexity index is 637. The lowest BCUT2D eigenvalue weighted by molar-refractivity contribution is 0.0313. The van der Waals surface area contributed by atoms with Crippen LogP contribution >= 0.6 is 0 Å². The fourth-order valence-electron chi connectivity index (χ4n) is 2.23. The summed E-state index contributed by atoms with van der Waals surface area (Å²) in [7, 11) is 1.43. The maximum atomic E-state index is 13.7. The summed E-state index contributed by atoms with van der Waals surface area (Å²) in [6.07, 6.45) is 0. The standard InChI is InChI=1S/C17H22FNO3/c1-11-5-8-16(22-11)17(3,20)10-19-12(2)13-6-7-15(21-4)14(18)9-13/h5-9,12,19-20H,10H2,1-4H3/t12-,17+/m1/s1. The minimum Gasteiger partial charge on any atom is -0.494 e. The van der Waals surface area contributed by atoms with E-state index in [1.165, 1.54) is 13.2 Å². The van der Waals surface area contributed by atoms with Crippen molar-refractivity contribution in [3.63, 3.8) is 0 Å². The van der Waals surface area contributed by atoms with Crippen molar-refractivity contribution >= 4 is 0 Å². The zero-order valence-corrected chi connectivity index (χ0v) is 13.3. The van der Waals surface area contributed by atoms with Crippen LogP contribution in [0, 0.1) is 12.7 Å². The molecule has 0 aliphatic heterocycles. The first kappa shape index (κ1) is 16.5. The number of aryl methyl sites for hydroxylation is 1. The Labute approximate surface area is 129 Å². The number of methoxy groups -OCH3 is 1. The summed E-state index contributed by atoms with van der Waals surface area (Å²) in [6.45, 7) is 5.70. The van der Waals surface area contributed by atoms with Crippen molar-refractivity contribution < 1.29 is 18.7 Å². The van der Waals surface area contributed by atoms with Gasteiger partial charge >= 0.3 is 0 Å². The Balaban J connectivity index is 2.03. The molecular formula is C17H22FNO3. The Morgan fingerprint density at radius 1 is 1.36 bits per heavy atom. The summed E-state index contributed by atoms with van der Waals surface area (Å²) in [4.78, 5) is 0. The molecule has 2 atom stereocenters. The fourth-order valence-corrected chi connectivity index (χ4v) is 2.23. The number of ether oxygens (including phenoxy) is 1. The molecule has 1 heterocycles. The fraction of sp³-hybridized carbons (Fsp3) is 0.412. The van der Waals surface area contributed by atoms with Gasteiger partial charge in [-0.1, -0.05) is 6.07 Å². The molecule has 0 spiro atoms. The highest BCUT2D eigenvalue weighted by Crippen LogP contribution is 2.25. The van der Waals surface area contributed by atoms with Gasteiger partial charge in [-0.15, -0.1) is 0 Å². The van der Waals surface area contributed by atoms with Crippen molar-refractivity contribution in [1.29, 1.82) is 0 Å². The predicted molar refractivity (Wildman–Crippen MR) is 82.4 cm³/mol. The first-order chi connectivity index (χ1) is 10.3. The normalized spacial score (nSPS) is 15.4. The molecular weight excluding hydrogens is 285 g/mol. The zero-order chi connectivity index (χ0) is 16.3. The van der Waals surface area contributed by atoms with Crippen LogP contribution in [0.5, 0.6) is 5.75 Å². The molecule has 1 aromatic carbocycles. The van der Waals surface area contributed by atoms with Crippen molar-refractivity contribution in [3.05, 3.63) is 53.2 Å². The van der Waals surface area contributed by atoms with Gasteiger partial charge in [0, 0.05) is 12.6 Å². The molecule has 2 N–H and O–H groups in total. The van der Waals surface area contributed by atoms with Crippen molar-refractivity contribution in [2.24, 2.45) is 0 Å². The lowest BCUT2D eigenvalue weighted by Crippen LogP contribution is -2.36. The number of nitrogens with one attached hydrogen (secondary N) is 1. The average molecular weight is 307 g/mol. The second-order valence-electron chi connectivity index (χ2n) is 5.68. The van der Waals surface area contributed by atoms with E-state index >= 15 is 0 Å². The molecule has 2 rings (SSSR count). The first-order valence-corrected chi connectivity index (χ1v) is 7.19. The van der Waals surface area contributed by atoms with E-state index in [4.69, 9.17) is 9.15 Å². The summed E-state index contributed by atoms with van der Waals surface area (Å²) >= 11 is 0. The zero-order valence-electron chi connectivity index (χ0n) is 13.3. The predicted octanol–water partition coefficient (Wildman–Crippen LogP) is 3.29. The number of furan rings is 1. The third-order valence-electron chi connectivity index (χ3n) is 3.70. The molecule has 5 heteroatoms. The van der Waals surface area contributed by atoms with Crippen LogP contribution in [-0.2, 0) is 5.60 Å². The van der Waals surface area contributed by atoms with Crippen LogP contribution in [-0.4, -0.2) is 18.8 Å². The molecule has 0 unspecified atom stereocenters. The highest BCUT2D eigenvalue weighted by molar-refractivity contribution is 5.30. The van der Waals surface area contributed by atoms with E-state index in [9.17, 15) is 9.50 Å². The van der Waals surface area contributed by atoms with Crippen LogP contribution < -0.4 is 10.1 Å². The molecule has 2 aromatic rings. The molecule has 0 aliphatic rings. The number of halogens is 1. The Morgan fingerprint density at radius 3 is 2.64 bits per heavy atom. The molecule has 0 amide bonds. The van der Waals surface area contributed by atoms with E-state index < -0.39 is 11.4 Å². The lowest BCUT2D eigenvalue weighted by Gasteiger charge is -2.24. The van der Waals surface area contributed by atoms with Gasteiger partial charge in [0.25, 0.3) is 0 Å². The summed E-state index contributed by atoms with van der Waals surface area (Å²) in [5, 5.41) is 13.7. The highest BCUT2D eigenvalue weighted by atomic mass is 19.1. The van der Waals surface area contributed by atoms with E-state index in [-0.39, 0.29) is 18.3 Å². The largest absolute Gasteiger partial charge is 0.494 e. The van der Waals surface area contributed by atoms with E-state index in [0.29, 0.717) is 5.76 Å². The Hall–Kier alpha value is -1.85. The van der Waals surface area contributed by atoms with Gasteiger partial charge < -0.3 is 19.6 Å². The van der Waals surface area contributed by atoms with Gasteiger partial charge in [0.2, 0.25) is 0 Å². The van der Waals surface area contributed by atoms with Gasteiger partial charge in [-0.05, 0) is 50.6 Å². The van der Waals surface area contributed by atoms with Crippen LogP contribution in [0.15, 0.2) is 34.7 Å². The quantitative estimate of drug-likeness (QED) is 0.860. The third kappa shape index (κ3) is 3.67. The van der Waals surface area contributed by atoms with Crippen molar-refractivity contribution in [1.82, 2.24) is 5.32 Å². The van der Waals surface area contributed by atoms with Crippen LogP contribution in [0.4, 0.5) is 4.39 Å². The summed E-state index contributed by atoms with van der Waals surface area (Å²) in [5.74, 6) is 1.07. The van der Waals surface area contributed by atoms with Gasteiger partial charge in [-0.2, -0.15) is 0 Å². The molecule has 0 radical (unpaired) electrons. The smallest absolute Gasteiger partial charge is 0.165 e. The number of rotatable bonds is 6. The van der Waals surface area contributed by atoms with E-state index in [0.717, 1.165) is 11.3 Å². The third-order valence-corrected chi connectivity index (χ3v) is 3.70. The second-order valence-corrected chi connectivity index (χ2v) is 5.68. The van der Waals surface area contributed by atoms with Crippen LogP contribution in [0.3, 0.4) is 0 Å². The molecule has 0 saturated heterocycles. The summed E-state index contributed by atoms with van der Waals surface area (Å²) < 4.78 is 24.1. The van der Waals surface area contributed by atoms with Gasteiger partial charge in [-0.3, -0.25) is 0 Å². The van der Waals surface area contributed by atoms with Gasteiger partial charge in [0.15, 0.2) is 11.6 Å². The first-order valence-electron chi connectivity index (χ1n) is 7.19. The topological polar surface area (TPSA) is 54.6 Å². The molecule has 22 heavy (non-hydrogen) atoms. The number of aliphatic hydroxyl groups is 1. The van der Waals surface area contributed by atoms with E-state index in [1.54, 1.807) is 25.1 Å². The van der Waals surface area contributed by atoms with Gasteiger partial charge in [0.05, 0.1) is 7.11 Å². The van der Waals surface area contributed by atoms with Crippen LogP contribution in [0.25, 0.3) is 0 Å². The number of hydrogen-bond acceptors (Lipinski definition) is 4. The van der Waals surface area contributed by atoms with Crippen molar-refractivity contribution in [3.8, 4) is 5.75 Å². The Kier molecular flexibility index (Phi) is 4.88. The number of hydrogen-bond donors (Lipinski definition) is 2. The SMILES string of the molecule is COc1ccc([C@@H](C)NC[C@](C)(O)c2ccc(C)o2)cc1F. The molecule has 0 fully saturated rings. The minimum atomic E-state index is -1.13. The Morgan fingerprint density at radius 2 is 2.09 bits per heavy atom.